The summed E-state index contributed by atoms with van der Waals surface area (Å²) < 4.78 is 5.20. The van der Waals surface area contributed by atoms with Gasteiger partial charge >= 0.3 is 0 Å². The lowest BCUT2D eigenvalue weighted by molar-refractivity contribution is -0.118. The highest BCUT2D eigenvalue weighted by molar-refractivity contribution is 6.08. The van der Waals surface area contributed by atoms with Crippen LogP contribution in [0.1, 0.15) is 23.7 Å². The fourth-order valence-electron chi connectivity index (χ4n) is 1.69. The quantitative estimate of drug-likeness (QED) is 0.780. The number of carbonyl (C=O) groups is 2. The van der Waals surface area contributed by atoms with Crippen LogP contribution < -0.4 is 4.74 Å². The van der Waals surface area contributed by atoms with E-state index in [1.807, 2.05) is 0 Å². The molecule has 0 bridgehead atoms. The molecule has 0 fully saturated rings. The molecule has 2 N–H and O–H groups in total. The van der Waals surface area contributed by atoms with E-state index in [1.165, 1.54) is 13.0 Å². The second kappa shape index (κ2) is 3.52. The molecule has 1 aromatic rings. The van der Waals surface area contributed by atoms with E-state index in [1.54, 1.807) is 0 Å². The molecule has 84 valence electrons. The summed E-state index contributed by atoms with van der Waals surface area (Å²) in [6.45, 7) is 1.36. The number of ketones is 2. The molecule has 1 unspecified atom stereocenters. The Morgan fingerprint density at radius 2 is 2.12 bits per heavy atom. The molecule has 0 saturated carbocycles. The minimum Gasteiger partial charge on any atom is -0.508 e. The van der Waals surface area contributed by atoms with Crippen LogP contribution in [0.15, 0.2) is 12.1 Å². The normalized spacial score (nSPS) is 18.1. The summed E-state index contributed by atoms with van der Waals surface area (Å²) in [7, 11) is 0. The maximum Gasteiger partial charge on any atom is 0.211 e. The first kappa shape index (κ1) is 10.5. The fourth-order valence-corrected chi connectivity index (χ4v) is 1.69. The van der Waals surface area contributed by atoms with Gasteiger partial charge in [-0.2, -0.15) is 0 Å². The van der Waals surface area contributed by atoms with E-state index in [2.05, 4.69) is 0 Å². The summed E-state index contributed by atoms with van der Waals surface area (Å²) in [6, 6.07) is 2.31. The van der Waals surface area contributed by atoms with Gasteiger partial charge in [-0.3, -0.25) is 9.59 Å². The van der Waals surface area contributed by atoms with Gasteiger partial charge in [0.05, 0.1) is 6.42 Å². The zero-order chi connectivity index (χ0) is 11.9. The molecule has 16 heavy (non-hydrogen) atoms. The summed E-state index contributed by atoms with van der Waals surface area (Å²) in [5, 5.41) is 18.7. The van der Waals surface area contributed by atoms with Crippen molar-refractivity contribution in [3.05, 3.63) is 17.7 Å². The minimum absolute atomic E-state index is 0.0315. The van der Waals surface area contributed by atoms with Gasteiger partial charge in [0.15, 0.2) is 6.10 Å². The highest BCUT2D eigenvalue weighted by Crippen LogP contribution is 2.39. The monoisotopic (exact) mass is 222 g/mol. The lowest BCUT2D eigenvalue weighted by Crippen LogP contribution is -2.23. The molecule has 1 atom stereocenters. The van der Waals surface area contributed by atoms with E-state index in [-0.39, 0.29) is 35.0 Å². The number of ether oxygens (including phenoxy) is 1. The van der Waals surface area contributed by atoms with Crippen LogP contribution in [0.5, 0.6) is 17.2 Å². The van der Waals surface area contributed by atoms with Crippen molar-refractivity contribution in [2.45, 2.75) is 19.4 Å². The standard InChI is InChI=1S/C11H10O5/c1-5(12)2-9-11(15)10-7(14)3-6(13)4-8(10)16-9/h3-4,9,13-14H,2H2,1H3. The van der Waals surface area contributed by atoms with Gasteiger partial charge in [0, 0.05) is 12.1 Å². The molecule has 1 aliphatic rings. The first-order valence-electron chi connectivity index (χ1n) is 4.75. The van der Waals surface area contributed by atoms with Crippen molar-refractivity contribution in [3.63, 3.8) is 0 Å². The predicted octanol–water partition coefficient (Wildman–Crippen LogP) is 1.02. The highest BCUT2D eigenvalue weighted by Gasteiger charge is 2.36. The Kier molecular flexibility index (Phi) is 2.30. The second-order valence-corrected chi connectivity index (χ2v) is 3.71. The Bertz CT molecular complexity index is 478. The summed E-state index contributed by atoms with van der Waals surface area (Å²) in [6.07, 6.45) is -0.923. The van der Waals surface area contributed by atoms with Crippen LogP contribution >= 0.6 is 0 Å². The largest absolute Gasteiger partial charge is 0.508 e. The molecular weight excluding hydrogens is 212 g/mol. The number of aromatic hydroxyl groups is 2. The SMILES string of the molecule is CC(=O)CC1Oc2cc(O)cc(O)c2C1=O. The van der Waals surface area contributed by atoms with Crippen molar-refractivity contribution in [2.75, 3.05) is 0 Å². The number of hydrogen-bond donors (Lipinski definition) is 2. The number of rotatable bonds is 2. The van der Waals surface area contributed by atoms with Crippen molar-refractivity contribution >= 4 is 11.6 Å². The molecule has 0 saturated heterocycles. The molecule has 0 aliphatic carbocycles. The molecule has 0 spiro atoms. The minimum atomic E-state index is -0.889. The molecular formula is C11H10O5. The third kappa shape index (κ3) is 1.60. The van der Waals surface area contributed by atoms with Gasteiger partial charge in [-0.15, -0.1) is 0 Å². The Morgan fingerprint density at radius 3 is 2.75 bits per heavy atom. The van der Waals surface area contributed by atoms with E-state index < -0.39 is 11.9 Å². The van der Waals surface area contributed by atoms with Crippen molar-refractivity contribution in [1.82, 2.24) is 0 Å². The van der Waals surface area contributed by atoms with Gasteiger partial charge < -0.3 is 14.9 Å². The van der Waals surface area contributed by atoms with Crippen molar-refractivity contribution in [1.29, 1.82) is 0 Å². The molecule has 5 nitrogen and oxygen atoms in total. The molecule has 2 rings (SSSR count). The number of Topliss-reactive ketones (excluding diaryl/α,β-unsaturated/α-hetero) is 2. The summed E-state index contributed by atoms with van der Waals surface area (Å²) in [4.78, 5) is 22.6. The van der Waals surface area contributed by atoms with Crippen LogP contribution in [-0.2, 0) is 4.79 Å². The second-order valence-electron chi connectivity index (χ2n) is 3.71. The number of hydrogen-bond acceptors (Lipinski definition) is 5. The highest BCUT2D eigenvalue weighted by atomic mass is 16.5. The number of benzene rings is 1. The predicted molar refractivity (Wildman–Crippen MR) is 53.8 cm³/mol. The van der Waals surface area contributed by atoms with Crippen LogP contribution in [0.25, 0.3) is 0 Å². The zero-order valence-electron chi connectivity index (χ0n) is 8.56. The average Bonchev–Trinajstić information content (AvgIpc) is 2.41. The van der Waals surface area contributed by atoms with Gasteiger partial charge in [0.25, 0.3) is 0 Å². The summed E-state index contributed by atoms with van der Waals surface area (Å²) in [5.74, 6) is -0.995. The summed E-state index contributed by atoms with van der Waals surface area (Å²) in [5.41, 5.74) is 0.0315. The Hall–Kier alpha value is -2.04. The number of phenolic OH excluding ortho intramolecular Hbond substituents is 2. The number of carbonyl (C=O) groups excluding carboxylic acids is 2. The van der Waals surface area contributed by atoms with E-state index in [9.17, 15) is 19.8 Å². The Labute approximate surface area is 91.3 Å². The van der Waals surface area contributed by atoms with Crippen LogP contribution in [0.2, 0.25) is 0 Å². The van der Waals surface area contributed by atoms with Gasteiger partial charge in [0.2, 0.25) is 5.78 Å². The molecule has 1 aromatic carbocycles. The van der Waals surface area contributed by atoms with Crippen molar-refractivity contribution in [3.8, 4) is 17.2 Å². The van der Waals surface area contributed by atoms with Gasteiger partial charge in [-0.25, -0.2) is 0 Å². The first-order valence-corrected chi connectivity index (χ1v) is 4.75. The topological polar surface area (TPSA) is 83.8 Å². The van der Waals surface area contributed by atoms with Crippen LogP contribution in [0.4, 0.5) is 0 Å². The first-order chi connectivity index (χ1) is 7.49. The van der Waals surface area contributed by atoms with Crippen molar-refractivity contribution in [2.24, 2.45) is 0 Å². The van der Waals surface area contributed by atoms with Gasteiger partial charge in [0.1, 0.15) is 28.6 Å². The van der Waals surface area contributed by atoms with Gasteiger partial charge in [-0.05, 0) is 6.92 Å². The lowest BCUT2D eigenvalue weighted by Gasteiger charge is -2.05. The van der Waals surface area contributed by atoms with Crippen LogP contribution in [0.3, 0.4) is 0 Å². The average molecular weight is 222 g/mol. The zero-order valence-corrected chi connectivity index (χ0v) is 8.56. The van der Waals surface area contributed by atoms with Gasteiger partial charge in [-0.1, -0.05) is 0 Å². The van der Waals surface area contributed by atoms with Crippen LogP contribution in [0, 0.1) is 0 Å². The molecule has 1 aliphatic heterocycles. The van der Waals surface area contributed by atoms with Crippen LogP contribution in [-0.4, -0.2) is 27.9 Å². The van der Waals surface area contributed by atoms with E-state index >= 15 is 0 Å². The number of phenols is 2. The molecule has 0 aromatic heterocycles. The molecule has 0 amide bonds. The maximum atomic E-state index is 11.7. The van der Waals surface area contributed by atoms with E-state index in [0.29, 0.717) is 0 Å². The summed E-state index contributed by atoms with van der Waals surface area (Å²) >= 11 is 0. The fraction of sp³-hybridized carbons (Fsp3) is 0.273. The number of fused-ring (bicyclic) bond motifs is 1. The Balaban J connectivity index is 2.38. The molecule has 0 radical (unpaired) electrons. The third-order valence-electron chi connectivity index (χ3n) is 2.35. The maximum absolute atomic E-state index is 11.7. The smallest absolute Gasteiger partial charge is 0.211 e. The van der Waals surface area contributed by atoms with E-state index in [4.69, 9.17) is 4.74 Å². The molecule has 5 heteroatoms. The van der Waals surface area contributed by atoms with E-state index in [0.717, 1.165) is 6.07 Å². The third-order valence-corrected chi connectivity index (χ3v) is 2.35. The lowest BCUT2D eigenvalue weighted by atomic mass is 10.0. The Morgan fingerprint density at radius 1 is 1.44 bits per heavy atom. The van der Waals surface area contributed by atoms with Crippen molar-refractivity contribution < 1.29 is 24.5 Å². The molecule has 1 heterocycles.